The number of rotatable bonds is 12. The van der Waals surface area contributed by atoms with Crippen molar-refractivity contribution in [3.05, 3.63) is 47.0 Å². The maximum atomic E-state index is 13.5. The summed E-state index contributed by atoms with van der Waals surface area (Å²) in [5.41, 5.74) is 4.78. The minimum atomic E-state index is -0.138. The Morgan fingerprint density at radius 3 is 2.39 bits per heavy atom. The predicted octanol–water partition coefficient (Wildman–Crippen LogP) is 6.81. The quantitative estimate of drug-likeness (QED) is 0.305. The largest absolute Gasteiger partial charge is 0.497 e. The molecule has 3 rings (SSSR count). The van der Waals surface area contributed by atoms with Crippen molar-refractivity contribution in [1.29, 1.82) is 0 Å². The summed E-state index contributed by atoms with van der Waals surface area (Å²) in [6.45, 7) is 7.64. The molecule has 2 aromatic carbocycles. The van der Waals surface area contributed by atoms with Gasteiger partial charge in [0.2, 0.25) is 0 Å². The Morgan fingerprint density at radius 1 is 1.03 bits per heavy atom. The average molecular weight is 493 g/mol. The Balaban J connectivity index is 2.00. The summed E-state index contributed by atoms with van der Waals surface area (Å²) < 4.78 is 11.1. The molecule has 194 valence electrons. The average Bonchev–Trinajstić information content (AvgIpc) is 2.83. The summed E-state index contributed by atoms with van der Waals surface area (Å²) in [6.07, 6.45) is 4.69. The fourth-order valence-corrected chi connectivity index (χ4v) is 6.02. The van der Waals surface area contributed by atoms with Crippen LogP contribution in [0.5, 0.6) is 11.5 Å². The second-order valence-electron chi connectivity index (χ2n) is 10.2. The van der Waals surface area contributed by atoms with Gasteiger partial charge in [0.15, 0.2) is 5.78 Å². The maximum Gasteiger partial charge on any atom is 0.163 e. The predicted molar refractivity (Wildman–Crippen MR) is 143 cm³/mol. The summed E-state index contributed by atoms with van der Waals surface area (Å²) in [7, 11) is 3.29. The van der Waals surface area contributed by atoms with E-state index in [1.807, 2.05) is 38.1 Å². The summed E-state index contributed by atoms with van der Waals surface area (Å²) in [5, 5.41) is 0. The van der Waals surface area contributed by atoms with Gasteiger partial charge in [0, 0.05) is 23.5 Å². The standard InChI is InChI=1S/C31H40O5/c1-7-9-22(24(8-2)28(33)14-20(4)32)15-21-16-27-25(12-10-19(3)31(27)29(34)17-21)26-18-23(35-5)11-13-30(26)36-6/h10-13,18,21-22,24H,7-9,14-17H2,1-6H3. The molecule has 0 heterocycles. The molecular weight excluding hydrogens is 452 g/mol. The number of carbonyl (C=O) groups is 3. The highest BCUT2D eigenvalue weighted by Crippen LogP contribution is 2.42. The zero-order chi connectivity index (χ0) is 26.4. The highest BCUT2D eigenvalue weighted by Gasteiger charge is 2.34. The van der Waals surface area contributed by atoms with Crippen LogP contribution in [-0.4, -0.2) is 31.6 Å². The Labute approximate surface area is 215 Å². The summed E-state index contributed by atoms with van der Waals surface area (Å²) in [6, 6.07) is 9.82. The molecule has 0 bridgehead atoms. The first-order chi connectivity index (χ1) is 17.2. The SMILES string of the molecule is CCCC(CC1CC(=O)c2c(C)ccc(-c3cc(OC)ccc3OC)c2C1)C(CC)C(=O)CC(C)=O. The van der Waals surface area contributed by atoms with Gasteiger partial charge in [-0.15, -0.1) is 0 Å². The molecular formula is C31H40O5. The number of methoxy groups -OCH3 is 2. The van der Waals surface area contributed by atoms with Crippen molar-refractivity contribution >= 4 is 17.3 Å². The van der Waals surface area contributed by atoms with Crippen LogP contribution >= 0.6 is 0 Å². The van der Waals surface area contributed by atoms with E-state index in [2.05, 4.69) is 13.0 Å². The van der Waals surface area contributed by atoms with Crippen molar-refractivity contribution < 1.29 is 23.9 Å². The lowest BCUT2D eigenvalue weighted by Gasteiger charge is -2.32. The number of benzene rings is 2. The van der Waals surface area contributed by atoms with Crippen molar-refractivity contribution in [1.82, 2.24) is 0 Å². The number of hydrogen-bond acceptors (Lipinski definition) is 5. The molecule has 2 aromatic rings. The van der Waals surface area contributed by atoms with E-state index < -0.39 is 0 Å². The molecule has 0 fully saturated rings. The van der Waals surface area contributed by atoms with Crippen LogP contribution in [0.2, 0.25) is 0 Å². The second kappa shape index (κ2) is 12.3. The minimum Gasteiger partial charge on any atom is -0.497 e. The van der Waals surface area contributed by atoms with Gasteiger partial charge in [0.1, 0.15) is 23.1 Å². The Hall–Kier alpha value is -2.95. The number of carbonyl (C=O) groups excluding carboxylic acids is 3. The smallest absolute Gasteiger partial charge is 0.163 e. The fourth-order valence-electron chi connectivity index (χ4n) is 6.02. The molecule has 1 aliphatic rings. The van der Waals surface area contributed by atoms with E-state index in [0.717, 1.165) is 71.4 Å². The lowest BCUT2D eigenvalue weighted by atomic mass is 9.71. The van der Waals surface area contributed by atoms with Crippen LogP contribution < -0.4 is 9.47 Å². The Kier molecular flexibility index (Phi) is 9.47. The first-order valence-corrected chi connectivity index (χ1v) is 13.1. The maximum absolute atomic E-state index is 13.5. The number of ketones is 3. The molecule has 3 unspecified atom stereocenters. The molecule has 0 aliphatic heterocycles. The molecule has 5 nitrogen and oxygen atoms in total. The second-order valence-corrected chi connectivity index (χ2v) is 10.2. The Morgan fingerprint density at radius 2 is 1.78 bits per heavy atom. The van der Waals surface area contributed by atoms with Gasteiger partial charge in [-0.3, -0.25) is 14.4 Å². The third-order valence-corrected chi connectivity index (χ3v) is 7.60. The minimum absolute atomic E-state index is 0.00410. The monoisotopic (exact) mass is 492 g/mol. The van der Waals surface area contributed by atoms with Gasteiger partial charge >= 0.3 is 0 Å². The van der Waals surface area contributed by atoms with Crippen LogP contribution in [0.25, 0.3) is 11.1 Å². The van der Waals surface area contributed by atoms with Crippen molar-refractivity contribution in [3.8, 4) is 22.6 Å². The molecule has 5 heteroatoms. The normalized spacial score (nSPS) is 16.7. The molecule has 0 aromatic heterocycles. The lowest BCUT2D eigenvalue weighted by Crippen LogP contribution is -2.30. The molecule has 0 N–H and O–H groups in total. The van der Waals surface area contributed by atoms with Crippen LogP contribution in [0.4, 0.5) is 0 Å². The van der Waals surface area contributed by atoms with Gasteiger partial charge in [-0.05, 0) is 79.8 Å². The zero-order valence-corrected chi connectivity index (χ0v) is 22.6. The molecule has 0 spiro atoms. The van der Waals surface area contributed by atoms with Crippen molar-refractivity contribution in [2.24, 2.45) is 17.8 Å². The van der Waals surface area contributed by atoms with Crippen molar-refractivity contribution in [3.63, 3.8) is 0 Å². The number of fused-ring (bicyclic) bond motifs is 1. The van der Waals surface area contributed by atoms with Gasteiger partial charge in [-0.2, -0.15) is 0 Å². The van der Waals surface area contributed by atoms with Gasteiger partial charge in [-0.1, -0.05) is 38.8 Å². The molecule has 0 saturated heterocycles. The molecule has 3 atom stereocenters. The van der Waals surface area contributed by atoms with Crippen LogP contribution in [0.15, 0.2) is 30.3 Å². The van der Waals surface area contributed by atoms with Gasteiger partial charge < -0.3 is 9.47 Å². The summed E-state index contributed by atoms with van der Waals surface area (Å²) in [4.78, 5) is 38.0. The fraction of sp³-hybridized carbons (Fsp3) is 0.516. The molecule has 1 aliphatic carbocycles. The Bertz CT molecular complexity index is 1120. The molecule has 0 amide bonds. The van der Waals surface area contributed by atoms with Crippen molar-refractivity contribution in [2.45, 2.75) is 72.6 Å². The molecule has 0 radical (unpaired) electrons. The van der Waals surface area contributed by atoms with Crippen LogP contribution in [0.3, 0.4) is 0 Å². The van der Waals surface area contributed by atoms with E-state index in [0.29, 0.717) is 6.42 Å². The molecule has 36 heavy (non-hydrogen) atoms. The van der Waals surface area contributed by atoms with Crippen molar-refractivity contribution in [2.75, 3.05) is 14.2 Å². The number of hydrogen-bond donors (Lipinski definition) is 0. The molecule has 0 saturated carbocycles. The van der Waals surface area contributed by atoms with Gasteiger partial charge in [0.05, 0.1) is 20.6 Å². The summed E-state index contributed by atoms with van der Waals surface area (Å²) in [5.74, 6) is 1.79. The van der Waals surface area contributed by atoms with E-state index >= 15 is 0 Å². The van der Waals surface area contributed by atoms with Crippen LogP contribution in [0.1, 0.15) is 80.8 Å². The number of Topliss-reactive ketones (excluding diaryl/α,β-unsaturated/α-hetero) is 3. The number of aryl methyl sites for hydroxylation is 1. The van der Waals surface area contributed by atoms with E-state index in [4.69, 9.17) is 9.47 Å². The highest BCUT2D eigenvalue weighted by molar-refractivity contribution is 6.02. The topological polar surface area (TPSA) is 69.7 Å². The number of ether oxygens (including phenoxy) is 2. The van der Waals surface area contributed by atoms with Crippen LogP contribution in [-0.2, 0) is 16.0 Å². The first kappa shape index (κ1) is 27.6. The van der Waals surface area contributed by atoms with E-state index in [1.54, 1.807) is 14.2 Å². The van der Waals surface area contributed by atoms with E-state index in [-0.39, 0.29) is 41.5 Å². The zero-order valence-electron chi connectivity index (χ0n) is 22.6. The van der Waals surface area contributed by atoms with Gasteiger partial charge in [-0.25, -0.2) is 0 Å². The van der Waals surface area contributed by atoms with E-state index in [9.17, 15) is 14.4 Å². The third-order valence-electron chi connectivity index (χ3n) is 7.60. The third kappa shape index (κ3) is 6.05. The first-order valence-electron chi connectivity index (χ1n) is 13.1. The highest BCUT2D eigenvalue weighted by atomic mass is 16.5. The van der Waals surface area contributed by atoms with Gasteiger partial charge in [0.25, 0.3) is 0 Å². The van der Waals surface area contributed by atoms with Crippen LogP contribution in [0, 0.1) is 24.7 Å². The van der Waals surface area contributed by atoms with E-state index in [1.165, 1.54) is 6.92 Å². The lowest BCUT2D eigenvalue weighted by molar-refractivity contribution is -0.129. The summed E-state index contributed by atoms with van der Waals surface area (Å²) >= 11 is 0.